The number of likely N-dealkylation sites (tertiary alicyclic amines) is 1. The summed E-state index contributed by atoms with van der Waals surface area (Å²) >= 11 is 0. The number of nitrogens with two attached hydrogens (primary N) is 1. The maximum Gasteiger partial charge on any atom is 0.0120 e. The van der Waals surface area contributed by atoms with E-state index in [-0.39, 0.29) is 0 Å². The maximum atomic E-state index is 6.15. The van der Waals surface area contributed by atoms with Gasteiger partial charge >= 0.3 is 0 Å². The summed E-state index contributed by atoms with van der Waals surface area (Å²) < 4.78 is 0. The highest BCUT2D eigenvalue weighted by molar-refractivity contribution is 4.95. The van der Waals surface area contributed by atoms with Crippen molar-refractivity contribution in [3.05, 3.63) is 0 Å². The molecule has 1 aliphatic carbocycles. The van der Waals surface area contributed by atoms with Crippen LogP contribution in [0.5, 0.6) is 0 Å². The molecule has 1 saturated carbocycles. The van der Waals surface area contributed by atoms with Crippen molar-refractivity contribution in [2.75, 3.05) is 19.6 Å². The van der Waals surface area contributed by atoms with E-state index >= 15 is 0 Å². The van der Waals surface area contributed by atoms with Crippen LogP contribution in [0.2, 0.25) is 0 Å². The zero-order valence-corrected chi connectivity index (χ0v) is 8.87. The molecule has 0 radical (unpaired) electrons. The molecule has 2 rings (SSSR count). The van der Waals surface area contributed by atoms with Crippen LogP contribution in [0.1, 0.15) is 26.7 Å². The molecule has 2 nitrogen and oxygen atoms in total. The van der Waals surface area contributed by atoms with Gasteiger partial charge in [0.25, 0.3) is 0 Å². The lowest BCUT2D eigenvalue weighted by molar-refractivity contribution is 0.134. The number of rotatable bonds is 2. The third kappa shape index (κ3) is 1.89. The second-order valence-corrected chi connectivity index (χ2v) is 5.29. The van der Waals surface area contributed by atoms with Crippen molar-refractivity contribution in [1.82, 2.24) is 4.90 Å². The van der Waals surface area contributed by atoms with Crippen LogP contribution < -0.4 is 5.73 Å². The van der Waals surface area contributed by atoms with Gasteiger partial charge in [-0.1, -0.05) is 13.8 Å². The van der Waals surface area contributed by atoms with Crippen LogP contribution in [0.4, 0.5) is 0 Å². The summed E-state index contributed by atoms with van der Waals surface area (Å²) in [7, 11) is 0. The third-order valence-corrected chi connectivity index (χ3v) is 3.61. The second-order valence-electron chi connectivity index (χ2n) is 5.29. The fourth-order valence-electron chi connectivity index (χ4n) is 3.03. The molecule has 0 aromatic heterocycles. The van der Waals surface area contributed by atoms with Crippen LogP contribution in [0, 0.1) is 17.8 Å². The molecule has 13 heavy (non-hydrogen) atoms. The Bertz CT molecular complexity index is 165. The van der Waals surface area contributed by atoms with E-state index in [2.05, 4.69) is 18.7 Å². The van der Waals surface area contributed by atoms with Gasteiger partial charge in [0.2, 0.25) is 0 Å². The van der Waals surface area contributed by atoms with Crippen molar-refractivity contribution in [3.8, 4) is 0 Å². The first kappa shape index (κ1) is 9.47. The first-order chi connectivity index (χ1) is 6.16. The quantitative estimate of drug-likeness (QED) is 0.697. The molecular formula is C11H22N2. The number of nitrogens with zero attached hydrogens (tertiary/aromatic N) is 1. The van der Waals surface area contributed by atoms with Gasteiger partial charge in [-0.15, -0.1) is 0 Å². The normalized spacial score (nSPS) is 40.2. The topological polar surface area (TPSA) is 29.3 Å². The molecule has 2 atom stereocenters. The molecule has 2 heteroatoms. The Hall–Kier alpha value is -0.0800. The highest BCUT2D eigenvalue weighted by Gasteiger charge is 2.39. The first-order valence-electron chi connectivity index (χ1n) is 5.64. The fourth-order valence-corrected chi connectivity index (χ4v) is 3.03. The smallest absolute Gasteiger partial charge is 0.0120 e. The summed E-state index contributed by atoms with van der Waals surface area (Å²) in [6.07, 6.45) is 2.75. The Balaban J connectivity index is 1.91. The summed E-state index contributed by atoms with van der Waals surface area (Å²) in [6.45, 7) is 8.39. The molecule has 2 N–H and O–H groups in total. The highest BCUT2D eigenvalue weighted by Crippen LogP contribution is 2.35. The van der Waals surface area contributed by atoms with Gasteiger partial charge in [-0.25, -0.2) is 0 Å². The van der Waals surface area contributed by atoms with Crippen LogP contribution in [0.3, 0.4) is 0 Å². The predicted octanol–water partition coefficient (Wildman–Crippen LogP) is 1.31. The monoisotopic (exact) mass is 182 g/mol. The second kappa shape index (κ2) is 3.58. The molecule has 1 heterocycles. The van der Waals surface area contributed by atoms with Crippen LogP contribution in [-0.2, 0) is 0 Å². The van der Waals surface area contributed by atoms with Gasteiger partial charge in [-0.05, 0) is 30.6 Å². The van der Waals surface area contributed by atoms with E-state index in [1.165, 1.54) is 32.5 Å². The summed E-state index contributed by atoms with van der Waals surface area (Å²) in [6, 6.07) is 0.517. The van der Waals surface area contributed by atoms with E-state index in [4.69, 9.17) is 5.73 Å². The Morgan fingerprint density at radius 1 is 1.23 bits per heavy atom. The zero-order chi connectivity index (χ0) is 9.42. The lowest BCUT2D eigenvalue weighted by atomic mass is 9.92. The van der Waals surface area contributed by atoms with Crippen LogP contribution in [0.25, 0.3) is 0 Å². The Labute approximate surface area is 81.5 Å². The average molecular weight is 182 g/mol. The van der Waals surface area contributed by atoms with Gasteiger partial charge in [0.05, 0.1) is 0 Å². The van der Waals surface area contributed by atoms with E-state index in [0.29, 0.717) is 6.04 Å². The van der Waals surface area contributed by atoms with E-state index in [1.54, 1.807) is 0 Å². The van der Waals surface area contributed by atoms with E-state index in [9.17, 15) is 0 Å². The van der Waals surface area contributed by atoms with Crippen LogP contribution in [-0.4, -0.2) is 30.6 Å². The molecule has 76 valence electrons. The molecule has 2 aliphatic rings. The lowest BCUT2D eigenvalue weighted by Crippen LogP contribution is -2.49. The fraction of sp³-hybridized carbons (Fsp3) is 1.00. The molecule has 2 fully saturated rings. The molecular weight excluding hydrogens is 160 g/mol. The van der Waals surface area contributed by atoms with E-state index in [0.717, 1.165) is 17.8 Å². The average Bonchev–Trinajstić information content (AvgIpc) is 2.33. The van der Waals surface area contributed by atoms with Crippen molar-refractivity contribution in [3.63, 3.8) is 0 Å². The molecule has 2 bridgehead atoms. The Morgan fingerprint density at radius 3 is 2.23 bits per heavy atom. The molecule has 0 amide bonds. The SMILES string of the molecule is CC(C)CN1CC2CCC(C1)C2N. The van der Waals surface area contributed by atoms with Gasteiger partial charge in [0, 0.05) is 25.7 Å². The predicted molar refractivity (Wildman–Crippen MR) is 55.5 cm³/mol. The van der Waals surface area contributed by atoms with Gasteiger partial charge in [-0.2, -0.15) is 0 Å². The minimum atomic E-state index is 0.517. The maximum absolute atomic E-state index is 6.15. The van der Waals surface area contributed by atoms with E-state index < -0.39 is 0 Å². The number of hydrogen-bond acceptors (Lipinski definition) is 2. The van der Waals surface area contributed by atoms with Crippen molar-refractivity contribution in [2.24, 2.45) is 23.5 Å². The zero-order valence-electron chi connectivity index (χ0n) is 8.87. The molecule has 2 unspecified atom stereocenters. The first-order valence-corrected chi connectivity index (χ1v) is 5.64. The molecule has 1 aliphatic heterocycles. The van der Waals surface area contributed by atoms with Crippen molar-refractivity contribution >= 4 is 0 Å². The molecule has 0 aromatic rings. The summed E-state index contributed by atoms with van der Waals surface area (Å²) in [4.78, 5) is 2.62. The van der Waals surface area contributed by atoms with E-state index in [1.807, 2.05) is 0 Å². The van der Waals surface area contributed by atoms with Gasteiger partial charge in [-0.3, -0.25) is 0 Å². The van der Waals surface area contributed by atoms with Gasteiger partial charge in [0.1, 0.15) is 0 Å². The third-order valence-electron chi connectivity index (χ3n) is 3.61. The summed E-state index contributed by atoms with van der Waals surface area (Å²) in [5, 5.41) is 0. The number of fused-ring (bicyclic) bond motifs is 2. The standard InChI is InChI=1S/C11H22N2/c1-8(2)5-13-6-9-3-4-10(7-13)11(9)12/h8-11H,3-7,12H2,1-2H3. The summed E-state index contributed by atoms with van der Waals surface area (Å²) in [5.74, 6) is 2.41. The van der Waals surface area contributed by atoms with Crippen LogP contribution in [0.15, 0.2) is 0 Å². The Morgan fingerprint density at radius 2 is 1.77 bits per heavy atom. The van der Waals surface area contributed by atoms with Crippen molar-refractivity contribution in [1.29, 1.82) is 0 Å². The number of hydrogen-bond donors (Lipinski definition) is 1. The van der Waals surface area contributed by atoms with Crippen molar-refractivity contribution < 1.29 is 0 Å². The molecule has 0 aromatic carbocycles. The van der Waals surface area contributed by atoms with Crippen LogP contribution >= 0.6 is 0 Å². The van der Waals surface area contributed by atoms with Crippen molar-refractivity contribution in [2.45, 2.75) is 32.7 Å². The minimum absolute atomic E-state index is 0.517. The minimum Gasteiger partial charge on any atom is -0.327 e. The molecule has 0 spiro atoms. The summed E-state index contributed by atoms with van der Waals surface area (Å²) in [5.41, 5.74) is 6.15. The van der Waals surface area contributed by atoms with Gasteiger partial charge in [0.15, 0.2) is 0 Å². The Kier molecular flexibility index (Phi) is 2.61. The molecule has 1 saturated heterocycles. The largest absolute Gasteiger partial charge is 0.327 e. The number of piperidine rings is 1. The highest BCUT2D eigenvalue weighted by atomic mass is 15.2. The van der Waals surface area contributed by atoms with Gasteiger partial charge < -0.3 is 10.6 Å². The lowest BCUT2D eigenvalue weighted by Gasteiger charge is -2.36.